The highest BCUT2D eigenvalue weighted by Crippen LogP contribution is 2.08. The molecule has 1 aromatic rings. The van der Waals surface area contributed by atoms with Gasteiger partial charge in [0.25, 0.3) is 5.91 Å². The van der Waals surface area contributed by atoms with Crippen LogP contribution in [-0.4, -0.2) is 35.8 Å². The van der Waals surface area contributed by atoms with Crippen LogP contribution < -0.4 is 10.1 Å². The van der Waals surface area contributed by atoms with Gasteiger partial charge < -0.3 is 15.2 Å². The Morgan fingerprint density at radius 1 is 1.53 bits per heavy atom. The molecule has 1 rings (SSSR count). The van der Waals surface area contributed by atoms with Crippen LogP contribution in [-0.2, 0) is 0 Å². The third-order valence-electron chi connectivity index (χ3n) is 2.53. The Kier molecular flexibility index (Phi) is 4.90. The topological polar surface area (TPSA) is 71.5 Å². The highest BCUT2D eigenvalue weighted by molar-refractivity contribution is 5.94. The van der Waals surface area contributed by atoms with Gasteiger partial charge in [0.05, 0.1) is 25.3 Å². The molecule has 17 heavy (non-hydrogen) atoms. The number of nitrogens with zero attached hydrogens (tertiary/aromatic N) is 1. The first-order chi connectivity index (χ1) is 8.08. The van der Waals surface area contributed by atoms with Gasteiger partial charge in [-0.1, -0.05) is 13.8 Å². The standard InChI is InChI=1S/C12H18N2O3/c1-8(2)10(7-15)14-12(16)9-4-5-11(17-3)13-6-9/h4-6,8,10,15H,7H2,1-3H3,(H,14,16)/t10-/m1/s1. The molecule has 0 aliphatic rings. The van der Waals surface area contributed by atoms with E-state index in [2.05, 4.69) is 10.3 Å². The van der Waals surface area contributed by atoms with E-state index < -0.39 is 0 Å². The van der Waals surface area contributed by atoms with Gasteiger partial charge in [0.2, 0.25) is 5.88 Å². The Balaban J connectivity index is 2.68. The Morgan fingerprint density at radius 3 is 2.65 bits per heavy atom. The average molecular weight is 238 g/mol. The number of nitrogens with one attached hydrogen (secondary N) is 1. The fourth-order valence-electron chi connectivity index (χ4n) is 1.31. The molecule has 1 heterocycles. The Labute approximate surface area is 101 Å². The number of carbonyl (C=O) groups is 1. The molecular weight excluding hydrogens is 220 g/mol. The zero-order valence-electron chi connectivity index (χ0n) is 10.3. The molecule has 0 bridgehead atoms. The number of methoxy groups -OCH3 is 1. The van der Waals surface area contributed by atoms with Gasteiger partial charge in [-0.2, -0.15) is 0 Å². The zero-order valence-corrected chi connectivity index (χ0v) is 10.3. The van der Waals surface area contributed by atoms with E-state index in [0.29, 0.717) is 11.4 Å². The largest absolute Gasteiger partial charge is 0.481 e. The van der Waals surface area contributed by atoms with Crippen LogP contribution in [0, 0.1) is 5.92 Å². The van der Waals surface area contributed by atoms with Crippen LogP contribution in [0.2, 0.25) is 0 Å². The van der Waals surface area contributed by atoms with E-state index in [-0.39, 0.29) is 24.5 Å². The van der Waals surface area contributed by atoms with Crippen LogP contribution in [0.15, 0.2) is 18.3 Å². The van der Waals surface area contributed by atoms with Crippen molar-refractivity contribution in [3.05, 3.63) is 23.9 Å². The number of ether oxygens (including phenoxy) is 1. The monoisotopic (exact) mass is 238 g/mol. The lowest BCUT2D eigenvalue weighted by atomic mass is 10.1. The second-order valence-electron chi connectivity index (χ2n) is 4.10. The molecule has 1 aromatic heterocycles. The number of pyridine rings is 1. The van der Waals surface area contributed by atoms with Gasteiger partial charge in [-0.05, 0) is 12.0 Å². The van der Waals surface area contributed by atoms with Crippen molar-refractivity contribution in [2.45, 2.75) is 19.9 Å². The third-order valence-corrected chi connectivity index (χ3v) is 2.53. The first-order valence-corrected chi connectivity index (χ1v) is 5.50. The molecule has 0 saturated heterocycles. The molecule has 0 fully saturated rings. The lowest BCUT2D eigenvalue weighted by Crippen LogP contribution is -2.41. The molecule has 5 heteroatoms. The second kappa shape index (κ2) is 6.20. The van der Waals surface area contributed by atoms with Crippen molar-refractivity contribution in [1.29, 1.82) is 0 Å². The fourth-order valence-corrected chi connectivity index (χ4v) is 1.31. The lowest BCUT2D eigenvalue weighted by molar-refractivity contribution is 0.0896. The maximum absolute atomic E-state index is 11.8. The van der Waals surface area contributed by atoms with Gasteiger partial charge >= 0.3 is 0 Å². The summed E-state index contributed by atoms with van der Waals surface area (Å²) in [7, 11) is 1.52. The minimum absolute atomic E-state index is 0.0764. The van der Waals surface area contributed by atoms with E-state index in [1.165, 1.54) is 13.3 Å². The summed E-state index contributed by atoms with van der Waals surface area (Å²) in [6.07, 6.45) is 1.45. The van der Waals surface area contributed by atoms with Crippen molar-refractivity contribution in [1.82, 2.24) is 10.3 Å². The number of amides is 1. The smallest absolute Gasteiger partial charge is 0.253 e. The average Bonchev–Trinajstić information content (AvgIpc) is 2.35. The summed E-state index contributed by atoms with van der Waals surface area (Å²) < 4.78 is 4.91. The molecule has 1 atom stereocenters. The molecule has 2 N–H and O–H groups in total. The molecule has 1 amide bonds. The quantitative estimate of drug-likeness (QED) is 0.797. The number of hydrogen-bond donors (Lipinski definition) is 2. The van der Waals surface area contributed by atoms with Crippen molar-refractivity contribution < 1.29 is 14.6 Å². The fraction of sp³-hybridized carbons (Fsp3) is 0.500. The molecular formula is C12H18N2O3. The van der Waals surface area contributed by atoms with Crippen molar-refractivity contribution in [3.8, 4) is 5.88 Å². The molecule has 0 aliphatic heterocycles. The van der Waals surface area contributed by atoms with E-state index in [1.807, 2.05) is 13.8 Å². The van der Waals surface area contributed by atoms with E-state index >= 15 is 0 Å². The second-order valence-corrected chi connectivity index (χ2v) is 4.10. The summed E-state index contributed by atoms with van der Waals surface area (Å²) >= 11 is 0. The summed E-state index contributed by atoms with van der Waals surface area (Å²) in [6.45, 7) is 3.80. The number of rotatable bonds is 5. The van der Waals surface area contributed by atoms with Crippen LogP contribution >= 0.6 is 0 Å². The minimum atomic E-state index is -0.246. The normalized spacial score (nSPS) is 12.3. The number of aromatic nitrogens is 1. The summed E-state index contributed by atoms with van der Waals surface area (Å²) in [5, 5.41) is 11.9. The first-order valence-electron chi connectivity index (χ1n) is 5.50. The van der Waals surface area contributed by atoms with Crippen molar-refractivity contribution in [2.24, 2.45) is 5.92 Å². The molecule has 0 aliphatic carbocycles. The molecule has 0 aromatic carbocycles. The van der Waals surface area contributed by atoms with Crippen LogP contribution in [0.5, 0.6) is 5.88 Å². The highest BCUT2D eigenvalue weighted by atomic mass is 16.5. The van der Waals surface area contributed by atoms with Crippen LogP contribution in [0.25, 0.3) is 0 Å². The summed E-state index contributed by atoms with van der Waals surface area (Å²) in [5.74, 6) is 0.396. The van der Waals surface area contributed by atoms with Gasteiger partial charge in [-0.15, -0.1) is 0 Å². The highest BCUT2D eigenvalue weighted by Gasteiger charge is 2.16. The number of aliphatic hydroxyl groups is 1. The molecule has 0 spiro atoms. The zero-order chi connectivity index (χ0) is 12.8. The van der Waals surface area contributed by atoms with E-state index in [1.54, 1.807) is 12.1 Å². The summed E-state index contributed by atoms with van der Waals surface area (Å²) in [5.41, 5.74) is 0.449. The van der Waals surface area contributed by atoms with Crippen LogP contribution in [0.4, 0.5) is 0 Å². The predicted octanol–water partition coefficient (Wildman–Crippen LogP) is 0.837. The lowest BCUT2D eigenvalue weighted by Gasteiger charge is -2.19. The molecule has 94 valence electrons. The number of aliphatic hydroxyl groups excluding tert-OH is 1. The van der Waals surface area contributed by atoms with Crippen molar-refractivity contribution >= 4 is 5.91 Å². The number of hydrogen-bond acceptors (Lipinski definition) is 4. The van der Waals surface area contributed by atoms with E-state index in [0.717, 1.165) is 0 Å². The van der Waals surface area contributed by atoms with Gasteiger partial charge in [0.15, 0.2) is 0 Å². The summed E-state index contributed by atoms with van der Waals surface area (Å²) in [6, 6.07) is 3.01. The van der Waals surface area contributed by atoms with Gasteiger partial charge in [0, 0.05) is 12.3 Å². The first kappa shape index (κ1) is 13.4. The molecule has 0 saturated carbocycles. The van der Waals surface area contributed by atoms with Gasteiger partial charge in [-0.25, -0.2) is 4.98 Å². The maximum atomic E-state index is 11.8. The number of carbonyl (C=O) groups excluding carboxylic acids is 1. The Bertz CT molecular complexity index is 363. The van der Waals surface area contributed by atoms with Crippen LogP contribution in [0.3, 0.4) is 0 Å². The SMILES string of the molecule is COc1ccc(C(=O)N[C@H](CO)C(C)C)cn1. The van der Waals surface area contributed by atoms with E-state index in [4.69, 9.17) is 9.84 Å². The molecule has 5 nitrogen and oxygen atoms in total. The van der Waals surface area contributed by atoms with E-state index in [9.17, 15) is 4.79 Å². The van der Waals surface area contributed by atoms with Crippen molar-refractivity contribution in [3.63, 3.8) is 0 Å². The third kappa shape index (κ3) is 3.71. The van der Waals surface area contributed by atoms with Gasteiger partial charge in [-0.3, -0.25) is 4.79 Å². The Morgan fingerprint density at radius 2 is 2.24 bits per heavy atom. The minimum Gasteiger partial charge on any atom is -0.481 e. The molecule has 0 radical (unpaired) electrons. The predicted molar refractivity (Wildman–Crippen MR) is 64.0 cm³/mol. The van der Waals surface area contributed by atoms with Gasteiger partial charge in [0.1, 0.15) is 0 Å². The Hall–Kier alpha value is -1.62. The van der Waals surface area contributed by atoms with Crippen molar-refractivity contribution in [2.75, 3.05) is 13.7 Å². The molecule has 0 unspecified atom stereocenters. The summed E-state index contributed by atoms with van der Waals surface area (Å²) in [4.78, 5) is 15.8. The maximum Gasteiger partial charge on any atom is 0.253 e. The van der Waals surface area contributed by atoms with Crippen LogP contribution in [0.1, 0.15) is 24.2 Å².